The number of hydrogen-bond donors (Lipinski definition) is 0. The van der Waals surface area contributed by atoms with Crippen molar-refractivity contribution in [2.75, 3.05) is 51.2 Å². The molecule has 40 heavy (non-hydrogen) atoms. The fourth-order valence-electron chi connectivity index (χ4n) is 3.97. The fraction of sp³-hybridized carbons (Fsp3) is 0.357. The summed E-state index contributed by atoms with van der Waals surface area (Å²) in [5, 5.41) is 23.1. The predicted octanol–water partition coefficient (Wildman–Crippen LogP) is 6.66. The summed E-state index contributed by atoms with van der Waals surface area (Å²) in [7, 11) is 11.4. The van der Waals surface area contributed by atoms with Gasteiger partial charge >= 0.3 is 10.3 Å². The van der Waals surface area contributed by atoms with Crippen LogP contribution in [0.5, 0.6) is 11.5 Å². The molecule has 0 bridgehead atoms. The van der Waals surface area contributed by atoms with Crippen LogP contribution >= 0.6 is 22.7 Å². The van der Waals surface area contributed by atoms with E-state index < -0.39 is 0 Å². The predicted molar refractivity (Wildman–Crippen MR) is 161 cm³/mol. The number of nitrogens with zero attached hydrogens (tertiary/aromatic N) is 8. The third kappa shape index (κ3) is 7.39. The molecule has 0 N–H and O–H groups in total. The van der Waals surface area contributed by atoms with Gasteiger partial charge in [-0.15, -0.1) is 0 Å². The Labute approximate surface area is 243 Å². The number of thiazole rings is 2. The number of anilines is 2. The third-order valence-electron chi connectivity index (χ3n) is 6.45. The average molecular weight is 581 g/mol. The molecule has 0 amide bonds. The van der Waals surface area contributed by atoms with Gasteiger partial charge in [0.2, 0.25) is 0 Å². The highest BCUT2D eigenvalue weighted by molar-refractivity contribution is 7.13. The van der Waals surface area contributed by atoms with Gasteiger partial charge in [0, 0.05) is 61.5 Å². The van der Waals surface area contributed by atoms with Crippen molar-refractivity contribution in [3.63, 3.8) is 0 Å². The lowest BCUT2D eigenvalue weighted by molar-refractivity contribution is -0.654. The summed E-state index contributed by atoms with van der Waals surface area (Å²) in [6.07, 6.45) is 6.00. The van der Waals surface area contributed by atoms with Gasteiger partial charge < -0.3 is 19.3 Å². The van der Waals surface area contributed by atoms with E-state index in [0.29, 0.717) is 22.9 Å². The van der Waals surface area contributed by atoms with Crippen LogP contribution in [0.3, 0.4) is 0 Å². The third-order valence-corrected chi connectivity index (χ3v) is 8.13. The van der Waals surface area contributed by atoms with E-state index in [1.165, 1.54) is 0 Å². The maximum Gasteiger partial charge on any atom is 0.408 e. The smallest absolute Gasteiger partial charge is 0.408 e. The molecule has 12 heteroatoms. The lowest BCUT2D eigenvalue weighted by Gasteiger charge is -2.23. The summed E-state index contributed by atoms with van der Waals surface area (Å²) in [5.41, 5.74) is 3.57. The van der Waals surface area contributed by atoms with Gasteiger partial charge in [-0.1, -0.05) is 0 Å². The zero-order valence-corrected chi connectivity index (χ0v) is 25.4. The number of methoxy groups -OCH3 is 2. The minimum atomic E-state index is 0.702. The number of aromatic nitrogens is 2. The van der Waals surface area contributed by atoms with Crippen LogP contribution < -0.4 is 28.4 Å². The van der Waals surface area contributed by atoms with Gasteiger partial charge in [-0.25, -0.2) is 9.13 Å². The molecule has 2 aromatic heterocycles. The van der Waals surface area contributed by atoms with Crippen molar-refractivity contribution in [2.45, 2.75) is 12.8 Å². The van der Waals surface area contributed by atoms with Crippen molar-refractivity contribution in [3.8, 4) is 11.5 Å². The van der Waals surface area contributed by atoms with Crippen molar-refractivity contribution in [3.05, 3.63) is 59.6 Å². The van der Waals surface area contributed by atoms with Crippen LogP contribution in [-0.4, -0.2) is 41.4 Å². The summed E-state index contributed by atoms with van der Waals surface area (Å²) in [6.45, 7) is 1.84. The van der Waals surface area contributed by atoms with Gasteiger partial charge in [0.25, 0.3) is 0 Å². The molecule has 2 heterocycles. The molecular weight excluding hydrogens is 544 g/mol. The maximum atomic E-state index is 5.60. The van der Waals surface area contributed by atoms with E-state index in [1.807, 2.05) is 70.6 Å². The summed E-state index contributed by atoms with van der Waals surface area (Å²) in [5.74, 6) is 1.40. The molecule has 0 atom stereocenters. The van der Waals surface area contributed by atoms with Crippen LogP contribution in [0.4, 0.5) is 33.0 Å². The number of azo groups is 2. The topological polar surface area (TPSA) is 82.1 Å². The van der Waals surface area contributed by atoms with Gasteiger partial charge in [0.15, 0.2) is 22.9 Å². The van der Waals surface area contributed by atoms with Crippen LogP contribution in [0.15, 0.2) is 80.0 Å². The second-order valence-electron chi connectivity index (χ2n) is 9.26. The Kier molecular flexibility index (Phi) is 10.1. The number of unbranched alkanes of at least 4 members (excludes halogenated alkanes) is 1. The number of hydrogen-bond acceptors (Lipinski definition) is 10. The second kappa shape index (κ2) is 13.9. The van der Waals surface area contributed by atoms with Crippen molar-refractivity contribution in [2.24, 2.45) is 34.6 Å². The summed E-state index contributed by atoms with van der Waals surface area (Å²) >= 11 is 3.08. The van der Waals surface area contributed by atoms with Crippen LogP contribution in [0.2, 0.25) is 0 Å². The highest BCUT2D eigenvalue weighted by Crippen LogP contribution is 2.34. The number of rotatable bonds is 13. The van der Waals surface area contributed by atoms with Gasteiger partial charge in [0.1, 0.15) is 12.4 Å². The minimum Gasteiger partial charge on any atom is -0.494 e. The van der Waals surface area contributed by atoms with Crippen LogP contribution in [0, 0.1) is 0 Å². The Hall–Kier alpha value is -3.90. The number of aryl methyl sites for hydroxylation is 2. The Morgan fingerprint density at radius 2 is 1.10 bits per heavy atom. The highest BCUT2D eigenvalue weighted by atomic mass is 32.1. The number of benzene rings is 2. The second-order valence-corrected chi connectivity index (χ2v) is 11.0. The van der Waals surface area contributed by atoms with E-state index in [4.69, 9.17) is 9.47 Å². The van der Waals surface area contributed by atoms with E-state index in [2.05, 4.69) is 56.5 Å². The fourth-order valence-corrected chi connectivity index (χ4v) is 5.33. The van der Waals surface area contributed by atoms with Gasteiger partial charge in [-0.05, 0) is 70.0 Å². The van der Waals surface area contributed by atoms with Crippen molar-refractivity contribution in [1.82, 2.24) is 0 Å². The molecule has 0 fully saturated rings. The lowest BCUT2D eigenvalue weighted by atomic mass is 10.2. The summed E-state index contributed by atoms with van der Waals surface area (Å²) in [6, 6.07) is 12.0. The largest absolute Gasteiger partial charge is 0.494 e. The molecule has 0 aliphatic carbocycles. The Morgan fingerprint density at radius 3 is 1.45 bits per heavy atom. The molecule has 10 nitrogen and oxygen atoms in total. The molecule has 0 unspecified atom stereocenters. The first-order valence-corrected chi connectivity index (χ1v) is 14.6. The highest BCUT2D eigenvalue weighted by Gasteiger charge is 2.13. The Bertz CT molecular complexity index is 1360. The average Bonchev–Trinajstić information content (AvgIpc) is 3.59. The molecule has 0 aliphatic heterocycles. The standard InChI is InChI=1S/C28H36N8O2S2/c1-33(21-9-11-23(25(19-21)37-5)29-31-27-35(3)15-17-39-27)13-7-8-14-34(2)22-10-12-24(26(20-22)38-6)30-32-28-36(4)16-18-40-28/h9-12,15-20H,7-8,13-14H2,1-6H3/q+2. The van der Waals surface area contributed by atoms with Crippen LogP contribution in [0.1, 0.15) is 12.8 Å². The maximum absolute atomic E-state index is 5.60. The van der Waals surface area contributed by atoms with Crippen molar-refractivity contribution < 1.29 is 18.6 Å². The SMILES string of the molecule is COc1cc(N(C)CCCCN(C)c2ccc(N=Nc3scc[n+]3C)c(OC)c2)ccc1N=Nc1scc[n+]1C. The Morgan fingerprint density at radius 1 is 0.675 bits per heavy atom. The molecule has 4 aromatic rings. The molecule has 0 aliphatic rings. The minimum absolute atomic E-state index is 0.702. The van der Waals surface area contributed by atoms with Crippen molar-refractivity contribution in [1.29, 1.82) is 0 Å². The monoisotopic (exact) mass is 580 g/mol. The van der Waals surface area contributed by atoms with Crippen LogP contribution in [0.25, 0.3) is 0 Å². The van der Waals surface area contributed by atoms with E-state index in [1.54, 1.807) is 36.9 Å². The molecular formula is C28H36N8O2S2+2. The summed E-state index contributed by atoms with van der Waals surface area (Å²) in [4.78, 5) is 4.47. The van der Waals surface area contributed by atoms with E-state index in [0.717, 1.165) is 47.6 Å². The van der Waals surface area contributed by atoms with Gasteiger partial charge in [-0.3, -0.25) is 0 Å². The lowest BCUT2D eigenvalue weighted by Crippen LogP contribution is -2.23. The molecule has 0 spiro atoms. The van der Waals surface area contributed by atoms with Crippen molar-refractivity contribution >= 4 is 55.7 Å². The first-order valence-electron chi connectivity index (χ1n) is 12.9. The molecule has 210 valence electrons. The molecule has 0 saturated carbocycles. The Balaban J connectivity index is 1.29. The zero-order chi connectivity index (χ0) is 28.5. The summed E-state index contributed by atoms with van der Waals surface area (Å²) < 4.78 is 15.1. The van der Waals surface area contributed by atoms with Crippen LogP contribution in [-0.2, 0) is 14.1 Å². The first kappa shape index (κ1) is 29.1. The quantitative estimate of drug-likeness (QED) is 0.101. The van der Waals surface area contributed by atoms with E-state index in [-0.39, 0.29) is 0 Å². The van der Waals surface area contributed by atoms with Gasteiger partial charge in [-0.2, -0.15) is 0 Å². The molecule has 4 rings (SSSR count). The number of ether oxygens (including phenoxy) is 2. The first-order chi connectivity index (χ1) is 19.4. The van der Waals surface area contributed by atoms with E-state index >= 15 is 0 Å². The van der Waals surface area contributed by atoms with Gasteiger partial charge in [0.05, 0.1) is 38.5 Å². The zero-order valence-electron chi connectivity index (χ0n) is 23.8. The normalized spacial score (nSPS) is 11.4. The van der Waals surface area contributed by atoms with E-state index in [9.17, 15) is 0 Å². The molecule has 2 aromatic carbocycles. The molecule has 0 saturated heterocycles. The molecule has 0 radical (unpaired) electrons.